The van der Waals surface area contributed by atoms with Gasteiger partial charge >= 0.3 is 0 Å². The van der Waals surface area contributed by atoms with E-state index in [0.717, 1.165) is 23.5 Å². The average molecular weight is 547 g/mol. The van der Waals surface area contributed by atoms with Crippen molar-refractivity contribution in [1.82, 2.24) is 4.57 Å². The van der Waals surface area contributed by atoms with Crippen LogP contribution in [0.5, 0.6) is 0 Å². The number of halogens is 1. The van der Waals surface area contributed by atoms with E-state index in [0.29, 0.717) is 0 Å². The van der Waals surface area contributed by atoms with Crippen LogP contribution >= 0.6 is 0 Å². The lowest BCUT2D eigenvalue weighted by molar-refractivity contribution is 0.628. The molecule has 0 N–H and O–H groups in total. The summed E-state index contributed by atoms with van der Waals surface area (Å²) < 4.78 is 16.6. The van der Waals surface area contributed by atoms with Gasteiger partial charge in [0.1, 0.15) is 5.82 Å². The Hall–Kier alpha value is -4.89. The highest BCUT2D eigenvalue weighted by Gasteiger charge is 2.35. The van der Waals surface area contributed by atoms with Crippen molar-refractivity contribution < 1.29 is 4.39 Å². The lowest BCUT2D eigenvalue weighted by Gasteiger charge is -2.28. The van der Waals surface area contributed by atoms with E-state index in [2.05, 4.69) is 133 Å². The molecule has 1 aromatic heterocycles. The number of hydrogen-bond acceptors (Lipinski definition) is 1. The molecule has 0 saturated carbocycles. The normalized spacial score (nSPS) is 16.6. The molecule has 42 heavy (non-hydrogen) atoms. The second-order valence-corrected chi connectivity index (χ2v) is 11.9. The summed E-state index contributed by atoms with van der Waals surface area (Å²) in [5, 5.41) is 2.45. The summed E-state index contributed by atoms with van der Waals surface area (Å²) in [6.45, 7) is 4.61. The Morgan fingerprint density at radius 1 is 0.667 bits per heavy atom. The molecule has 0 saturated heterocycles. The highest BCUT2D eigenvalue weighted by molar-refractivity contribution is 6.09. The van der Waals surface area contributed by atoms with Gasteiger partial charge in [-0.1, -0.05) is 86.7 Å². The summed E-state index contributed by atoms with van der Waals surface area (Å²) in [7, 11) is 0. The molecule has 3 heteroatoms. The Morgan fingerprint density at radius 3 is 2.19 bits per heavy atom. The molecule has 0 amide bonds. The van der Waals surface area contributed by atoms with Crippen LogP contribution in [0.25, 0.3) is 32.9 Å². The lowest BCUT2D eigenvalue weighted by atomic mass is 9.82. The number of hydrogen-bond donors (Lipinski definition) is 0. The number of fused-ring (bicyclic) bond motifs is 6. The fourth-order valence-corrected chi connectivity index (χ4v) is 7.12. The molecule has 1 unspecified atom stereocenters. The van der Waals surface area contributed by atoms with Crippen molar-refractivity contribution in [2.24, 2.45) is 0 Å². The largest absolute Gasteiger partial charge is 0.333 e. The van der Waals surface area contributed by atoms with Gasteiger partial charge in [0.2, 0.25) is 0 Å². The first-order chi connectivity index (χ1) is 20.5. The van der Waals surface area contributed by atoms with Crippen molar-refractivity contribution in [3.63, 3.8) is 0 Å². The first-order valence-corrected chi connectivity index (χ1v) is 14.7. The van der Waals surface area contributed by atoms with E-state index in [1.807, 2.05) is 12.1 Å². The molecule has 1 heterocycles. The average Bonchev–Trinajstić information content (AvgIpc) is 3.47. The van der Waals surface area contributed by atoms with Crippen LogP contribution in [0.15, 0.2) is 133 Å². The van der Waals surface area contributed by atoms with Gasteiger partial charge in [-0.15, -0.1) is 0 Å². The number of allylic oxidation sites excluding steroid dienone is 4. The molecule has 8 rings (SSSR count). The second kappa shape index (κ2) is 9.32. The topological polar surface area (TPSA) is 8.17 Å². The summed E-state index contributed by atoms with van der Waals surface area (Å²) in [6.07, 6.45) is 9.77. The van der Waals surface area contributed by atoms with Gasteiger partial charge in [-0.2, -0.15) is 0 Å². The van der Waals surface area contributed by atoms with Gasteiger partial charge in [-0.05, 0) is 89.3 Å². The number of rotatable bonds is 4. The first-order valence-electron chi connectivity index (χ1n) is 14.7. The molecule has 0 aliphatic heterocycles. The number of anilines is 3. The molecule has 2 aliphatic carbocycles. The minimum Gasteiger partial charge on any atom is -0.333 e. The number of para-hydroxylation sites is 1. The molecule has 5 aromatic carbocycles. The lowest BCUT2D eigenvalue weighted by Crippen LogP contribution is -2.16. The van der Waals surface area contributed by atoms with Gasteiger partial charge in [-0.25, -0.2) is 4.39 Å². The van der Waals surface area contributed by atoms with Crippen LogP contribution in [-0.4, -0.2) is 4.57 Å². The Balaban J connectivity index is 1.33. The fourth-order valence-electron chi connectivity index (χ4n) is 7.12. The molecule has 1 atom stereocenters. The van der Waals surface area contributed by atoms with E-state index >= 15 is 0 Å². The fraction of sp³-hybridized carbons (Fsp3) is 0.128. The van der Waals surface area contributed by atoms with E-state index in [4.69, 9.17) is 0 Å². The van der Waals surface area contributed by atoms with Crippen molar-refractivity contribution >= 4 is 38.9 Å². The molecular formula is C39H31FN2. The number of benzene rings is 5. The van der Waals surface area contributed by atoms with Crippen molar-refractivity contribution in [2.45, 2.75) is 31.7 Å². The van der Waals surface area contributed by atoms with Crippen LogP contribution in [-0.2, 0) is 5.41 Å². The molecule has 0 bridgehead atoms. The summed E-state index contributed by atoms with van der Waals surface area (Å²) in [4.78, 5) is 2.26. The van der Waals surface area contributed by atoms with E-state index in [9.17, 15) is 4.39 Å². The predicted molar refractivity (Wildman–Crippen MR) is 174 cm³/mol. The third kappa shape index (κ3) is 3.70. The Morgan fingerprint density at radius 2 is 1.36 bits per heavy atom. The Bertz CT molecular complexity index is 2060. The molecule has 2 nitrogen and oxygen atoms in total. The van der Waals surface area contributed by atoms with Crippen LogP contribution < -0.4 is 4.90 Å². The van der Waals surface area contributed by atoms with Gasteiger partial charge in [0.25, 0.3) is 0 Å². The summed E-state index contributed by atoms with van der Waals surface area (Å²) in [5.74, 6) is -0.239. The zero-order valence-electron chi connectivity index (χ0n) is 23.8. The molecule has 0 radical (unpaired) electrons. The quantitative estimate of drug-likeness (QED) is 0.213. The van der Waals surface area contributed by atoms with E-state index < -0.39 is 0 Å². The van der Waals surface area contributed by atoms with Crippen LogP contribution in [0.2, 0.25) is 0 Å². The van der Waals surface area contributed by atoms with Crippen molar-refractivity contribution in [2.75, 3.05) is 4.90 Å². The highest BCUT2D eigenvalue weighted by Crippen LogP contribution is 2.50. The minimum atomic E-state index is -0.239. The van der Waals surface area contributed by atoms with Gasteiger partial charge in [0.05, 0.1) is 6.04 Å². The Labute approximate surface area is 245 Å². The van der Waals surface area contributed by atoms with Crippen LogP contribution in [0, 0.1) is 5.82 Å². The molecule has 6 aromatic rings. The third-order valence-electron chi connectivity index (χ3n) is 9.15. The number of aromatic nitrogens is 1. The second-order valence-electron chi connectivity index (χ2n) is 11.9. The summed E-state index contributed by atoms with van der Waals surface area (Å²) >= 11 is 0. The van der Waals surface area contributed by atoms with Gasteiger partial charge in [0, 0.05) is 44.3 Å². The van der Waals surface area contributed by atoms with Crippen LogP contribution in [0.4, 0.5) is 21.5 Å². The zero-order chi connectivity index (χ0) is 28.4. The number of nitrogens with zero attached hydrogens (tertiary/aromatic N) is 2. The van der Waals surface area contributed by atoms with Crippen molar-refractivity contribution in [1.29, 1.82) is 0 Å². The first kappa shape index (κ1) is 24.9. The smallest absolute Gasteiger partial charge is 0.123 e. The SMILES string of the molecule is CC1(C)c2ccccc2-c2ccc(N(c3ccc(F)cc3)c3ccc4c(c3)c3ccccc3n4C3C=CC=CC3)cc21. The van der Waals surface area contributed by atoms with Crippen molar-refractivity contribution in [3.05, 3.63) is 150 Å². The van der Waals surface area contributed by atoms with E-state index in [-0.39, 0.29) is 17.3 Å². The van der Waals surface area contributed by atoms with Crippen molar-refractivity contribution in [3.8, 4) is 11.1 Å². The molecule has 204 valence electrons. The molecule has 0 spiro atoms. The summed E-state index contributed by atoms with van der Waals surface area (Å²) in [5.41, 5.74) is 10.6. The molecule has 0 fully saturated rings. The van der Waals surface area contributed by atoms with Crippen LogP contribution in [0.3, 0.4) is 0 Å². The summed E-state index contributed by atoms with van der Waals surface area (Å²) in [6, 6.07) is 38.0. The van der Waals surface area contributed by atoms with Crippen LogP contribution in [0.1, 0.15) is 37.4 Å². The van der Waals surface area contributed by atoms with Gasteiger partial charge in [0.15, 0.2) is 0 Å². The molecular weight excluding hydrogens is 515 g/mol. The maximum absolute atomic E-state index is 14.1. The van der Waals surface area contributed by atoms with Gasteiger partial charge in [-0.3, -0.25) is 0 Å². The maximum atomic E-state index is 14.1. The highest BCUT2D eigenvalue weighted by atomic mass is 19.1. The third-order valence-corrected chi connectivity index (χ3v) is 9.15. The standard InChI is InChI=1S/C39H31FN2/c1-39(2)35-14-8-6-12-31(35)32-22-20-30(25-36(32)39)41(28-18-16-26(40)17-19-28)29-21-23-38-34(24-29)33-13-7-9-15-37(33)42(38)27-10-4-3-5-11-27/h3-10,12-25,27H,11H2,1-2H3. The zero-order valence-corrected chi connectivity index (χ0v) is 23.8. The molecule has 2 aliphatic rings. The monoisotopic (exact) mass is 546 g/mol. The van der Waals surface area contributed by atoms with Gasteiger partial charge < -0.3 is 9.47 Å². The maximum Gasteiger partial charge on any atom is 0.123 e. The van der Waals surface area contributed by atoms with E-state index in [1.54, 1.807) is 12.1 Å². The minimum absolute atomic E-state index is 0.115. The predicted octanol–water partition coefficient (Wildman–Crippen LogP) is 10.8. The Kier molecular flexibility index (Phi) is 5.52. The van der Waals surface area contributed by atoms with E-state index in [1.165, 1.54) is 44.1 Å².